The van der Waals surface area contributed by atoms with E-state index in [1.54, 1.807) is 13.8 Å². The molecule has 0 saturated heterocycles. The molecule has 9 nitrogen and oxygen atoms in total. The molecule has 0 atom stereocenters. The minimum atomic E-state index is -1.14. The molecule has 0 aliphatic carbocycles. The second kappa shape index (κ2) is 5.57. The van der Waals surface area contributed by atoms with Gasteiger partial charge in [0, 0.05) is 23.4 Å². The fourth-order valence-corrected chi connectivity index (χ4v) is 1.92. The van der Waals surface area contributed by atoms with Gasteiger partial charge in [0.15, 0.2) is 0 Å². The van der Waals surface area contributed by atoms with Crippen LogP contribution in [-0.4, -0.2) is 32.7 Å². The predicted molar refractivity (Wildman–Crippen MR) is 72.0 cm³/mol. The molecule has 0 bridgehead atoms. The van der Waals surface area contributed by atoms with Gasteiger partial charge in [-0.3, -0.25) is 14.9 Å². The van der Waals surface area contributed by atoms with E-state index in [9.17, 15) is 14.9 Å². The molecule has 2 aromatic rings. The lowest BCUT2D eigenvalue weighted by Gasteiger charge is -2.06. The topological polar surface area (TPSA) is 131 Å². The third kappa shape index (κ3) is 2.96. The molecule has 2 rings (SSSR count). The van der Waals surface area contributed by atoms with E-state index in [0.29, 0.717) is 22.6 Å². The zero-order valence-corrected chi connectivity index (χ0v) is 11.3. The number of hydrogen-bond donors (Lipinski definition) is 2. The smallest absolute Gasteiger partial charge is 0.322 e. The molecule has 21 heavy (non-hydrogen) atoms. The molecule has 2 heterocycles. The van der Waals surface area contributed by atoms with E-state index in [-0.39, 0.29) is 11.5 Å². The van der Waals surface area contributed by atoms with Gasteiger partial charge in [0.1, 0.15) is 12.3 Å². The van der Waals surface area contributed by atoms with E-state index in [1.807, 2.05) is 0 Å². The molecular weight excluding hydrogens is 280 g/mol. The Kier molecular flexibility index (Phi) is 3.83. The summed E-state index contributed by atoms with van der Waals surface area (Å²) >= 11 is 0. The van der Waals surface area contributed by atoms with Crippen molar-refractivity contribution in [2.75, 3.05) is 11.9 Å². The highest BCUT2D eigenvalue weighted by Gasteiger charge is 2.20. The average molecular weight is 292 g/mol. The van der Waals surface area contributed by atoms with Crippen molar-refractivity contribution in [1.82, 2.24) is 10.1 Å². The Labute approximate surface area is 118 Å². The second-order valence-corrected chi connectivity index (χ2v) is 4.30. The van der Waals surface area contributed by atoms with E-state index >= 15 is 0 Å². The van der Waals surface area contributed by atoms with Crippen molar-refractivity contribution in [1.29, 1.82) is 0 Å². The quantitative estimate of drug-likeness (QED) is 0.629. The maximum atomic E-state index is 11.1. The Hall–Kier alpha value is -2.97. The summed E-state index contributed by atoms with van der Waals surface area (Å²) < 4.78 is 5.02. The SMILES string of the molecule is Cc1noc(C)c1-c1cnc(NCC(=O)O)c([N+](=O)[O-])c1. The molecule has 0 aliphatic rings. The lowest BCUT2D eigenvalue weighted by atomic mass is 10.1. The number of carbonyl (C=O) groups is 1. The normalized spacial score (nSPS) is 10.4. The van der Waals surface area contributed by atoms with Crippen LogP contribution in [0, 0.1) is 24.0 Å². The molecule has 0 fully saturated rings. The maximum absolute atomic E-state index is 11.1. The first-order chi connectivity index (χ1) is 9.90. The van der Waals surface area contributed by atoms with Crippen LogP contribution < -0.4 is 5.32 Å². The summed E-state index contributed by atoms with van der Waals surface area (Å²) in [5.41, 5.74) is 1.40. The van der Waals surface area contributed by atoms with Crippen LogP contribution in [0.1, 0.15) is 11.5 Å². The van der Waals surface area contributed by atoms with E-state index in [2.05, 4.69) is 15.5 Å². The van der Waals surface area contributed by atoms with E-state index in [0.717, 1.165) is 0 Å². The van der Waals surface area contributed by atoms with Crippen LogP contribution in [0.25, 0.3) is 11.1 Å². The molecule has 2 N–H and O–H groups in total. The van der Waals surface area contributed by atoms with Crippen LogP contribution in [0.4, 0.5) is 11.5 Å². The fraction of sp³-hybridized carbons (Fsp3) is 0.250. The molecule has 9 heteroatoms. The minimum Gasteiger partial charge on any atom is -0.480 e. The van der Waals surface area contributed by atoms with Crippen molar-refractivity contribution < 1.29 is 19.3 Å². The number of rotatable bonds is 5. The number of aromatic nitrogens is 2. The average Bonchev–Trinajstić information content (AvgIpc) is 2.75. The van der Waals surface area contributed by atoms with E-state index in [4.69, 9.17) is 9.63 Å². The third-order valence-corrected chi connectivity index (χ3v) is 2.79. The summed E-state index contributed by atoms with van der Waals surface area (Å²) in [5.74, 6) is -0.714. The van der Waals surface area contributed by atoms with Gasteiger partial charge in [-0.25, -0.2) is 4.98 Å². The van der Waals surface area contributed by atoms with Crippen molar-refractivity contribution in [3.63, 3.8) is 0 Å². The third-order valence-electron chi connectivity index (χ3n) is 2.79. The van der Waals surface area contributed by atoms with Crippen molar-refractivity contribution in [2.24, 2.45) is 0 Å². The van der Waals surface area contributed by atoms with Gasteiger partial charge in [0.25, 0.3) is 0 Å². The molecule has 0 aromatic carbocycles. The van der Waals surface area contributed by atoms with Crippen molar-refractivity contribution in [2.45, 2.75) is 13.8 Å². The van der Waals surface area contributed by atoms with Crippen molar-refractivity contribution in [3.05, 3.63) is 33.8 Å². The first-order valence-electron chi connectivity index (χ1n) is 5.93. The summed E-state index contributed by atoms with van der Waals surface area (Å²) in [5, 5.41) is 25.9. The number of aryl methyl sites for hydroxylation is 2. The monoisotopic (exact) mass is 292 g/mol. The molecule has 0 spiro atoms. The van der Waals surface area contributed by atoms with E-state index < -0.39 is 17.4 Å². The number of carboxylic acids is 1. The van der Waals surface area contributed by atoms with Crippen LogP contribution >= 0.6 is 0 Å². The van der Waals surface area contributed by atoms with Crippen LogP contribution in [0.15, 0.2) is 16.8 Å². The minimum absolute atomic E-state index is 0.0992. The number of nitrogens with zero attached hydrogens (tertiary/aromatic N) is 3. The first-order valence-corrected chi connectivity index (χ1v) is 5.93. The number of nitrogens with one attached hydrogen (secondary N) is 1. The molecular formula is C12H12N4O5. The van der Waals surface area contributed by atoms with E-state index in [1.165, 1.54) is 12.3 Å². The van der Waals surface area contributed by atoms with Crippen LogP contribution in [0.5, 0.6) is 0 Å². The number of aliphatic carboxylic acids is 1. The van der Waals surface area contributed by atoms with Gasteiger partial charge in [0.2, 0.25) is 5.82 Å². The molecule has 110 valence electrons. The highest BCUT2D eigenvalue weighted by molar-refractivity contribution is 5.76. The Morgan fingerprint density at radius 2 is 2.24 bits per heavy atom. The largest absolute Gasteiger partial charge is 0.480 e. The van der Waals surface area contributed by atoms with Gasteiger partial charge in [-0.1, -0.05) is 5.16 Å². The Morgan fingerprint density at radius 3 is 2.76 bits per heavy atom. The number of hydrogen-bond acceptors (Lipinski definition) is 7. The maximum Gasteiger partial charge on any atom is 0.322 e. The zero-order valence-electron chi connectivity index (χ0n) is 11.3. The number of anilines is 1. The van der Waals surface area contributed by atoms with Gasteiger partial charge >= 0.3 is 11.7 Å². The Morgan fingerprint density at radius 1 is 1.52 bits per heavy atom. The van der Waals surface area contributed by atoms with Gasteiger partial charge in [-0.15, -0.1) is 0 Å². The number of nitro groups is 1. The standard InChI is InChI=1S/C12H12N4O5/c1-6-11(7(2)21-15-6)8-3-9(16(19)20)12(13-4-8)14-5-10(17)18/h3-4H,5H2,1-2H3,(H,13,14)(H,17,18). The Bertz CT molecular complexity index is 690. The highest BCUT2D eigenvalue weighted by Crippen LogP contribution is 2.31. The lowest BCUT2D eigenvalue weighted by Crippen LogP contribution is -2.14. The summed E-state index contributed by atoms with van der Waals surface area (Å²) in [6.07, 6.45) is 1.41. The van der Waals surface area contributed by atoms with Gasteiger partial charge in [-0.2, -0.15) is 0 Å². The van der Waals surface area contributed by atoms with Crippen LogP contribution in [-0.2, 0) is 4.79 Å². The summed E-state index contributed by atoms with van der Waals surface area (Å²) in [7, 11) is 0. The summed E-state index contributed by atoms with van der Waals surface area (Å²) in [4.78, 5) is 24.9. The van der Waals surface area contributed by atoms with Gasteiger partial charge in [0.05, 0.1) is 10.6 Å². The zero-order chi connectivity index (χ0) is 15.6. The first kappa shape index (κ1) is 14.4. The number of pyridine rings is 1. The summed E-state index contributed by atoms with van der Waals surface area (Å²) in [6, 6.07) is 1.31. The van der Waals surface area contributed by atoms with Gasteiger partial charge in [-0.05, 0) is 13.8 Å². The lowest BCUT2D eigenvalue weighted by molar-refractivity contribution is -0.384. The highest BCUT2D eigenvalue weighted by atomic mass is 16.6. The summed E-state index contributed by atoms with van der Waals surface area (Å²) in [6.45, 7) is 2.95. The Balaban J connectivity index is 2.45. The van der Waals surface area contributed by atoms with Crippen LogP contribution in [0.2, 0.25) is 0 Å². The number of carboxylic acid groups (broad SMARTS) is 1. The molecule has 2 aromatic heterocycles. The van der Waals surface area contributed by atoms with Crippen molar-refractivity contribution >= 4 is 17.5 Å². The molecule has 0 saturated carbocycles. The molecule has 0 amide bonds. The molecule has 0 aliphatic heterocycles. The van der Waals surface area contributed by atoms with Gasteiger partial charge < -0.3 is 14.9 Å². The predicted octanol–water partition coefficient (Wildman–Crippen LogP) is 1.76. The second-order valence-electron chi connectivity index (χ2n) is 4.30. The molecule has 0 unspecified atom stereocenters. The fourth-order valence-electron chi connectivity index (χ4n) is 1.92. The van der Waals surface area contributed by atoms with Crippen LogP contribution in [0.3, 0.4) is 0 Å². The van der Waals surface area contributed by atoms with Crippen molar-refractivity contribution in [3.8, 4) is 11.1 Å². The molecule has 0 radical (unpaired) electrons.